The van der Waals surface area contributed by atoms with E-state index in [4.69, 9.17) is 4.74 Å². The Morgan fingerprint density at radius 2 is 1.92 bits per heavy atom. The van der Waals surface area contributed by atoms with Gasteiger partial charge < -0.3 is 20.7 Å². The number of hydrogen-bond acceptors (Lipinski definition) is 3. The molecule has 0 saturated heterocycles. The molecule has 134 valence electrons. The minimum Gasteiger partial charge on any atom is -0.383 e. The molecule has 2 unspecified atom stereocenters. The lowest BCUT2D eigenvalue weighted by atomic mass is 10.1. The number of rotatable bonds is 9. The van der Waals surface area contributed by atoms with E-state index in [0.717, 1.165) is 12.0 Å². The van der Waals surface area contributed by atoms with Gasteiger partial charge in [-0.15, -0.1) is 0 Å². The minimum atomic E-state index is -0.0790. The summed E-state index contributed by atoms with van der Waals surface area (Å²) in [5.74, 6) is 0.521. The van der Waals surface area contributed by atoms with Gasteiger partial charge in [0.25, 0.3) is 0 Å². The molecule has 24 heavy (non-hydrogen) atoms. The molecule has 0 radical (unpaired) electrons. The third-order valence-corrected chi connectivity index (χ3v) is 3.41. The molecule has 0 spiro atoms. The van der Waals surface area contributed by atoms with Crippen molar-refractivity contribution < 1.29 is 9.53 Å². The smallest absolute Gasteiger partial charge is 0.241 e. The van der Waals surface area contributed by atoms with Gasteiger partial charge in [0.1, 0.15) is 6.54 Å². The first-order valence-electron chi connectivity index (χ1n) is 8.44. The number of methoxy groups -OCH3 is 1. The number of nitrogens with one attached hydrogen (secondary N) is 3. The SMILES string of the molecule is CCCNC(=O)CN=C(NC(C)COC)NC(C)c1ccccc1. The number of nitrogens with zero attached hydrogens (tertiary/aromatic N) is 1. The van der Waals surface area contributed by atoms with Gasteiger partial charge in [-0.25, -0.2) is 4.99 Å². The highest BCUT2D eigenvalue weighted by Gasteiger charge is 2.11. The molecule has 1 rings (SSSR count). The Morgan fingerprint density at radius 3 is 2.54 bits per heavy atom. The molecule has 0 aliphatic carbocycles. The first-order chi connectivity index (χ1) is 11.6. The topological polar surface area (TPSA) is 74.8 Å². The molecular weight excluding hydrogens is 304 g/mol. The van der Waals surface area contributed by atoms with Crippen LogP contribution in [0.5, 0.6) is 0 Å². The third kappa shape index (κ3) is 7.97. The fraction of sp³-hybridized carbons (Fsp3) is 0.556. The maximum atomic E-state index is 11.8. The highest BCUT2D eigenvalue weighted by atomic mass is 16.5. The molecule has 0 bridgehead atoms. The Morgan fingerprint density at radius 1 is 1.21 bits per heavy atom. The predicted octanol–water partition coefficient (Wildman–Crippen LogP) is 1.84. The van der Waals surface area contributed by atoms with Crippen molar-refractivity contribution in [1.82, 2.24) is 16.0 Å². The Balaban J connectivity index is 2.71. The van der Waals surface area contributed by atoms with Crippen LogP contribution in [0.2, 0.25) is 0 Å². The molecule has 0 fully saturated rings. The molecule has 6 nitrogen and oxygen atoms in total. The van der Waals surface area contributed by atoms with Gasteiger partial charge in [0.2, 0.25) is 5.91 Å². The zero-order valence-electron chi connectivity index (χ0n) is 15.1. The first-order valence-corrected chi connectivity index (χ1v) is 8.44. The van der Waals surface area contributed by atoms with Crippen LogP contribution in [0.15, 0.2) is 35.3 Å². The van der Waals surface area contributed by atoms with Gasteiger partial charge in [0.05, 0.1) is 12.6 Å². The number of guanidine groups is 1. The van der Waals surface area contributed by atoms with E-state index in [1.54, 1.807) is 7.11 Å². The van der Waals surface area contributed by atoms with E-state index in [1.165, 1.54) is 0 Å². The molecule has 0 aliphatic rings. The quantitative estimate of drug-likeness (QED) is 0.476. The number of carbonyl (C=O) groups is 1. The van der Waals surface area contributed by atoms with Gasteiger partial charge in [0, 0.05) is 19.7 Å². The van der Waals surface area contributed by atoms with Gasteiger partial charge >= 0.3 is 0 Å². The Hall–Kier alpha value is -2.08. The van der Waals surface area contributed by atoms with E-state index in [1.807, 2.05) is 32.0 Å². The van der Waals surface area contributed by atoms with Crippen LogP contribution in [0.4, 0.5) is 0 Å². The van der Waals surface area contributed by atoms with Crippen LogP contribution >= 0.6 is 0 Å². The van der Waals surface area contributed by atoms with Gasteiger partial charge in [-0.1, -0.05) is 37.3 Å². The van der Waals surface area contributed by atoms with E-state index in [9.17, 15) is 4.79 Å². The largest absolute Gasteiger partial charge is 0.383 e. The normalized spacial score (nSPS) is 13.9. The first kappa shape index (κ1) is 20.0. The zero-order valence-corrected chi connectivity index (χ0v) is 15.1. The van der Waals surface area contributed by atoms with Crippen molar-refractivity contribution in [1.29, 1.82) is 0 Å². The summed E-state index contributed by atoms with van der Waals surface area (Å²) in [7, 11) is 1.66. The van der Waals surface area contributed by atoms with Crippen LogP contribution in [0.1, 0.15) is 38.8 Å². The van der Waals surface area contributed by atoms with Crippen molar-refractivity contribution in [2.75, 3.05) is 26.8 Å². The van der Waals surface area contributed by atoms with E-state index in [2.05, 4.69) is 40.0 Å². The Labute approximate surface area is 145 Å². The summed E-state index contributed by atoms with van der Waals surface area (Å²) in [6, 6.07) is 10.3. The molecule has 1 aromatic rings. The molecule has 0 saturated carbocycles. The van der Waals surface area contributed by atoms with Gasteiger partial charge in [0.15, 0.2) is 5.96 Å². The standard InChI is InChI=1S/C18H30N4O2/c1-5-11-19-17(23)12-20-18(21-14(2)13-24-4)22-15(3)16-9-7-6-8-10-16/h6-10,14-15H,5,11-13H2,1-4H3,(H,19,23)(H2,20,21,22). The third-order valence-electron chi connectivity index (χ3n) is 3.41. The van der Waals surface area contributed by atoms with Crippen LogP contribution in [-0.4, -0.2) is 44.7 Å². The Kier molecular flexibility index (Phi) is 9.53. The number of ether oxygens (including phenoxy) is 1. The summed E-state index contributed by atoms with van der Waals surface area (Å²) in [4.78, 5) is 16.2. The van der Waals surface area contributed by atoms with Crippen molar-refractivity contribution in [3.8, 4) is 0 Å². The van der Waals surface area contributed by atoms with E-state index in [-0.39, 0.29) is 24.5 Å². The maximum absolute atomic E-state index is 11.8. The fourth-order valence-electron chi connectivity index (χ4n) is 2.16. The zero-order chi connectivity index (χ0) is 17.8. The summed E-state index contributed by atoms with van der Waals surface area (Å²) < 4.78 is 5.15. The van der Waals surface area contributed by atoms with E-state index >= 15 is 0 Å². The van der Waals surface area contributed by atoms with Crippen molar-refractivity contribution in [2.24, 2.45) is 4.99 Å². The lowest BCUT2D eigenvalue weighted by Crippen LogP contribution is -2.45. The van der Waals surface area contributed by atoms with Gasteiger partial charge in [-0.3, -0.25) is 4.79 Å². The summed E-state index contributed by atoms with van der Waals surface area (Å²) >= 11 is 0. The second kappa shape index (κ2) is 11.5. The number of hydrogen-bond donors (Lipinski definition) is 3. The van der Waals surface area contributed by atoms with E-state index in [0.29, 0.717) is 19.1 Å². The molecule has 6 heteroatoms. The number of aliphatic imine (C=N–C) groups is 1. The average Bonchev–Trinajstić information content (AvgIpc) is 2.58. The van der Waals surface area contributed by atoms with Crippen LogP contribution in [-0.2, 0) is 9.53 Å². The number of amides is 1. The minimum absolute atomic E-state index is 0.0749. The number of benzene rings is 1. The summed E-state index contributed by atoms with van der Waals surface area (Å²) in [5, 5.41) is 9.43. The fourth-order valence-corrected chi connectivity index (χ4v) is 2.16. The van der Waals surface area contributed by atoms with Crippen LogP contribution < -0.4 is 16.0 Å². The summed E-state index contributed by atoms with van der Waals surface area (Å²) in [6.07, 6.45) is 0.911. The monoisotopic (exact) mass is 334 g/mol. The average molecular weight is 334 g/mol. The highest BCUT2D eigenvalue weighted by Crippen LogP contribution is 2.10. The maximum Gasteiger partial charge on any atom is 0.241 e. The van der Waals surface area contributed by atoms with E-state index < -0.39 is 0 Å². The second-order valence-corrected chi connectivity index (χ2v) is 5.79. The summed E-state index contributed by atoms with van der Waals surface area (Å²) in [6.45, 7) is 7.41. The van der Waals surface area contributed by atoms with Crippen molar-refractivity contribution >= 4 is 11.9 Å². The number of carbonyl (C=O) groups excluding carboxylic acids is 1. The molecule has 1 amide bonds. The molecule has 1 aromatic carbocycles. The molecule has 2 atom stereocenters. The summed E-state index contributed by atoms with van der Waals surface area (Å²) in [5.41, 5.74) is 1.15. The lowest BCUT2D eigenvalue weighted by molar-refractivity contribution is -0.119. The molecular formula is C18H30N4O2. The highest BCUT2D eigenvalue weighted by molar-refractivity contribution is 5.85. The van der Waals surface area contributed by atoms with Crippen molar-refractivity contribution in [3.05, 3.63) is 35.9 Å². The molecule has 0 aromatic heterocycles. The van der Waals surface area contributed by atoms with Gasteiger partial charge in [-0.05, 0) is 25.8 Å². The molecule has 0 aliphatic heterocycles. The predicted molar refractivity (Wildman–Crippen MR) is 98.1 cm³/mol. The molecule has 3 N–H and O–H groups in total. The van der Waals surface area contributed by atoms with Crippen molar-refractivity contribution in [2.45, 2.75) is 39.3 Å². The molecule has 0 heterocycles. The van der Waals surface area contributed by atoms with Gasteiger partial charge in [-0.2, -0.15) is 0 Å². The second-order valence-electron chi connectivity index (χ2n) is 5.79. The lowest BCUT2D eigenvalue weighted by Gasteiger charge is -2.21. The van der Waals surface area contributed by atoms with Crippen LogP contribution in [0.25, 0.3) is 0 Å². The van der Waals surface area contributed by atoms with Crippen molar-refractivity contribution in [3.63, 3.8) is 0 Å². The Bertz CT molecular complexity index is 505. The van der Waals surface area contributed by atoms with Crippen LogP contribution in [0, 0.1) is 0 Å². The van der Waals surface area contributed by atoms with Crippen LogP contribution in [0.3, 0.4) is 0 Å².